The van der Waals surface area contributed by atoms with Gasteiger partial charge in [-0.15, -0.1) is 0 Å². The van der Waals surface area contributed by atoms with Crippen molar-refractivity contribution in [1.29, 1.82) is 0 Å². The molecule has 4 aromatic rings. The number of carbonyl (C=O) groups is 1. The summed E-state index contributed by atoms with van der Waals surface area (Å²) in [5.74, 6) is 1.07. The van der Waals surface area contributed by atoms with Gasteiger partial charge in [-0.3, -0.25) is 4.79 Å². The molecule has 0 unspecified atom stereocenters. The Morgan fingerprint density at radius 2 is 1.48 bits per heavy atom. The lowest BCUT2D eigenvalue weighted by atomic mass is 10.1. The standard InChI is InChI=1S/C27H21Cl2NO3/c1-32-26-12-9-20(27(31)30-24-15-22(28)14-23(29)16-24)13-21(26)17-33-25-10-7-19(8-11-25)18-5-3-2-4-6-18/h2-16H,17H2,1H3,(H,30,31). The molecular weight excluding hydrogens is 457 g/mol. The van der Waals surface area contributed by atoms with Gasteiger partial charge in [0.1, 0.15) is 18.1 Å². The second-order valence-electron chi connectivity index (χ2n) is 7.32. The summed E-state index contributed by atoms with van der Waals surface area (Å²) in [6.07, 6.45) is 0. The number of benzene rings is 4. The number of methoxy groups -OCH3 is 1. The molecular formula is C27H21Cl2NO3. The van der Waals surface area contributed by atoms with E-state index in [1.54, 1.807) is 43.5 Å². The zero-order valence-electron chi connectivity index (χ0n) is 17.8. The fourth-order valence-electron chi connectivity index (χ4n) is 3.40. The molecule has 0 heterocycles. The minimum absolute atomic E-state index is 0.248. The van der Waals surface area contributed by atoms with E-state index in [-0.39, 0.29) is 12.5 Å². The van der Waals surface area contributed by atoms with Crippen LogP contribution in [0.2, 0.25) is 10.0 Å². The molecule has 1 N–H and O–H groups in total. The molecule has 0 aliphatic carbocycles. The van der Waals surface area contributed by atoms with Gasteiger partial charge in [-0.1, -0.05) is 65.7 Å². The van der Waals surface area contributed by atoms with Gasteiger partial charge in [-0.2, -0.15) is 0 Å². The monoisotopic (exact) mass is 477 g/mol. The van der Waals surface area contributed by atoms with E-state index in [0.717, 1.165) is 22.4 Å². The number of anilines is 1. The highest BCUT2D eigenvalue weighted by molar-refractivity contribution is 6.35. The van der Waals surface area contributed by atoms with Gasteiger partial charge in [0.05, 0.1) is 7.11 Å². The Morgan fingerprint density at radius 3 is 2.15 bits per heavy atom. The van der Waals surface area contributed by atoms with E-state index in [4.69, 9.17) is 32.7 Å². The summed E-state index contributed by atoms with van der Waals surface area (Å²) < 4.78 is 11.4. The smallest absolute Gasteiger partial charge is 0.255 e. The van der Waals surface area contributed by atoms with E-state index in [1.807, 2.05) is 42.5 Å². The number of rotatable bonds is 7. The number of ether oxygens (including phenoxy) is 2. The minimum Gasteiger partial charge on any atom is -0.496 e. The lowest BCUT2D eigenvalue weighted by Gasteiger charge is -2.13. The van der Waals surface area contributed by atoms with Gasteiger partial charge in [0.25, 0.3) is 5.91 Å². The van der Waals surface area contributed by atoms with Crippen molar-refractivity contribution in [1.82, 2.24) is 0 Å². The van der Waals surface area contributed by atoms with Crippen molar-refractivity contribution < 1.29 is 14.3 Å². The average Bonchev–Trinajstić information content (AvgIpc) is 2.82. The predicted molar refractivity (Wildman–Crippen MR) is 134 cm³/mol. The SMILES string of the molecule is COc1ccc(C(=O)Nc2cc(Cl)cc(Cl)c2)cc1COc1ccc(-c2ccccc2)cc1. The zero-order valence-corrected chi connectivity index (χ0v) is 19.4. The van der Waals surface area contributed by atoms with Gasteiger partial charge in [-0.25, -0.2) is 0 Å². The lowest BCUT2D eigenvalue weighted by Crippen LogP contribution is -2.13. The Balaban J connectivity index is 1.47. The molecule has 0 atom stereocenters. The molecule has 33 heavy (non-hydrogen) atoms. The molecule has 0 saturated carbocycles. The van der Waals surface area contributed by atoms with Gasteiger partial charge in [0, 0.05) is 26.9 Å². The second kappa shape index (κ2) is 10.4. The van der Waals surface area contributed by atoms with E-state index in [2.05, 4.69) is 17.4 Å². The van der Waals surface area contributed by atoms with E-state index in [1.165, 1.54) is 0 Å². The molecule has 0 radical (unpaired) electrons. The first kappa shape index (κ1) is 22.7. The van der Waals surface area contributed by atoms with Gasteiger partial charge in [-0.05, 0) is 59.7 Å². The minimum atomic E-state index is -0.288. The normalized spacial score (nSPS) is 10.5. The van der Waals surface area contributed by atoms with Crippen LogP contribution in [0.1, 0.15) is 15.9 Å². The Hall–Kier alpha value is -3.47. The highest BCUT2D eigenvalue weighted by atomic mass is 35.5. The third kappa shape index (κ3) is 5.86. The first-order valence-corrected chi connectivity index (χ1v) is 11.0. The number of carbonyl (C=O) groups excluding carboxylic acids is 1. The largest absolute Gasteiger partial charge is 0.496 e. The number of nitrogens with one attached hydrogen (secondary N) is 1. The maximum absolute atomic E-state index is 12.8. The summed E-state index contributed by atoms with van der Waals surface area (Å²) in [6, 6.07) is 28.1. The summed E-state index contributed by atoms with van der Waals surface area (Å²) in [6.45, 7) is 0.248. The van der Waals surface area contributed by atoms with Crippen molar-refractivity contribution >= 4 is 34.8 Å². The van der Waals surface area contributed by atoms with Crippen LogP contribution in [0, 0.1) is 0 Å². The van der Waals surface area contributed by atoms with Crippen LogP contribution in [-0.2, 0) is 6.61 Å². The van der Waals surface area contributed by atoms with E-state index in [0.29, 0.717) is 27.0 Å². The van der Waals surface area contributed by atoms with Crippen LogP contribution in [0.25, 0.3) is 11.1 Å². The molecule has 166 valence electrons. The molecule has 0 aliphatic heterocycles. The Kier molecular flexibility index (Phi) is 7.18. The maximum atomic E-state index is 12.8. The summed E-state index contributed by atoms with van der Waals surface area (Å²) in [5, 5.41) is 3.70. The molecule has 1 amide bonds. The number of halogens is 2. The summed E-state index contributed by atoms with van der Waals surface area (Å²) >= 11 is 12.0. The summed E-state index contributed by atoms with van der Waals surface area (Å²) in [7, 11) is 1.58. The van der Waals surface area contributed by atoms with Crippen LogP contribution in [-0.4, -0.2) is 13.0 Å². The third-order valence-electron chi connectivity index (χ3n) is 5.02. The zero-order chi connectivity index (χ0) is 23.2. The topological polar surface area (TPSA) is 47.6 Å². The summed E-state index contributed by atoms with van der Waals surface area (Å²) in [5.41, 5.74) is 3.99. The van der Waals surface area contributed by atoms with Crippen LogP contribution in [0.3, 0.4) is 0 Å². The van der Waals surface area contributed by atoms with Crippen LogP contribution >= 0.6 is 23.2 Å². The van der Waals surface area contributed by atoms with Crippen LogP contribution in [0.15, 0.2) is 91.0 Å². The van der Waals surface area contributed by atoms with Crippen molar-refractivity contribution in [3.05, 3.63) is 112 Å². The van der Waals surface area contributed by atoms with Crippen molar-refractivity contribution in [2.24, 2.45) is 0 Å². The van der Waals surface area contributed by atoms with Gasteiger partial charge in [0.2, 0.25) is 0 Å². The van der Waals surface area contributed by atoms with Crippen molar-refractivity contribution in [2.75, 3.05) is 12.4 Å². The Morgan fingerprint density at radius 1 is 0.818 bits per heavy atom. The van der Waals surface area contributed by atoms with E-state index >= 15 is 0 Å². The highest BCUT2D eigenvalue weighted by Gasteiger charge is 2.12. The third-order valence-corrected chi connectivity index (χ3v) is 5.46. The lowest BCUT2D eigenvalue weighted by molar-refractivity contribution is 0.102. The van der Waals surface area contributed by atoms with Crippen LogP contribution < -0.4 is 14.8 Å². The van der Waals surface area contributed by atoms with E-state index in [9.17, 15) is 4.79 Å². The average molecular weight is 478 g/mol. The molecule has 0 fully saturated rings. The molecule has 4 aromatic carbocycles. The molecule has 4 nitrogen and oxygen atoms in total. The second-order valence-corrected chi connectivity index (χ2v) is 8.19. The first-order chi connectivity index (χ1) is 16.0. The highest BCUT2D eigenvalue weighted by Crippen LogP contribution is 2.26. The number of hydrogen-bond donors (Lipinski definition) is 1. The summed E-state index contributed by atoms with van der Waals surface area (Å²) in [4.78, 5) is 12.8. The fraction of sp³-hybridized carbons (Fsp3) is 0.0741. The van der Waals surface area contributed by atoms with Gasteiger partial charge in [0.15, 0.2) is 0 Å². The molecule has 4 rings (SSSR count). The Labute approximate surface area is 202 Å². The maximum Gasteiger partial charge on any atom is 0.255 e. The van der Waals surface area contributed by atoms with Crippen LogP contribution in [0.5, 0.6) is 11.5 Å². The molecule has 0 saturated heterocycles. The molecule has 6 heteroatoms. The van der Waals surface area contributed by atoms with E-state index < -0.39 is 0 Å². The van der Waals surface area contributed by atoms with Crippen LogP contribution in [0.4, 0.5) is 5.69 Å². The van der Waals surface area contributed by atoms with Crippen molar-refractivity contribution in [3.8, 4) is 22.6 Å². The van der Waals surface area contributed by atoms with Crippen molar-refractivity contribution in [2.45, 2.75) is 6.61 Å². The predicted octanol–water partition coefficient (Wildman–Crippen LogP) is 7.50. The number of hydrogen-bond acceptors (Lipinski definition) is 3. The fourth-order valence-corrected chi connectivity index (χ4v) is 3.92. The van der Waals surface area contributed by atoms with Gasteiger partial charge < -0.3 is 14.8 Å². The quantitative estimate of drug-likeness (QED) is 0.299. The Bertz CT molecular complexity index is 1240. The van der Waals surface area contributed by atoms with Crippen molar-refractivity contribution in [3.63, 3.8) is 0 Å². The number of amides is 1. The molecule has 0 aliphatic rings. The molecule has 0 spiro atoms. The molecule has 0 bridgehead atoms. The van der Waals surface area contributed by atoms with Gasteiger partial charge >= 0.3 is 0 Å². The molecule has 0 aromatic heterocycles. The first-order valence-electron chi connectivity index (χ1n) is 10.2.